The molecule has 1 aliphatic carbocycles. The Kier molecular flexibility index (Phi) is 4.78. The lowest BCUT2D eigenvalue weighted by atomic mass is 9.86. The third-order valence-electron chi connectivity index (χ3n) is 5.74. The Morgan fingerprint density at radius 3 is 2.21 bits per heavy atom. The molecule has 8 heteroatoms. The van der Waals surface area contributed by atoms with E-state index in [4.69, 9.17) is 14.2 Å². The molecule has 1 aliphatic heterocycles. The van der Waals surface area contributed by atoms with Gasteiger partial charge in [-0.05, 0) is 30.5 Å². The molecule has 4 rings (SSSR count). The lowest BCUT2D eigenvalue weighted by molar-refractivity contribution is -0.116. The van der Waals surface area contributed by atoms with Gasteiger partial charge in [0.25, 0.3) is 5.56 Å². The molecule has 2 aliphatic rings. The molecule has 0 bridgehead atoms. The summed E-state index contributed by atoms with van der Waals surface area (Å²) in [6.45, 7) is 0. The van der Waals surface area contributed by atoms with Gasteiger partial charge in [-0.25, -0.2) is 0 Å². The van der Waals surface area contributed by atoms with E-state index in [1.165, 1.54) is 0 Å². The summed E-state index contributed by atoms with van der Waals surface area (Å²) in [7, 11) is 4.63. The number of hydrogen-bond donors (Lipinski definition) is 2. The van der Waals surface area contributed by atoms with Crippen molar-refractivity contribution < 1.29 is 19.0 Å². The molecule has 1 aromatic carbocycles. The van der Waals surface area contributed by atoms with Crippen LogP contribution in [-0.2, 0) is 4.79 Å². The lowest BCUT2D eigenvalue weighted by Gasteiger charge is -2.25. The van der Waals surface area contributed by atoms with E-state index >= 15 is 0 Å². The number of methoxy groups -OCH3 is 3. The first kappa shape index (κ1) is 18.5. The van der Waals surface area contributed by atoms with E-state index in [2.05, 4.69) is 10.4 Å². The fourth-order valence-electron chi connectivity index (χ4n) is 4.41. The van der Waals surface area contributed by atoms with Crippen molar-refractivity contribution in [2.45, 2.75) is 44.1 Å². The van der Waals surface area contributed by atoms with Gasteiger partial charge in [0.2, 0.25) is 11.7 Å². The van der Waals surface area contributed by atoms with Gasteiger partial charge < -0.3 is 19.5 Å². The topological polar surface area (TPSA) is 94.6 Å². The molecule has 0 radical (unpaired) electrons. The van der Waals surface area contributed by atoms with Crippen molar-refractivity contribution in [3.8, 4) is 17.2 Å². The summed E-state index contributed by atoms with van der Waals surface area (Å²) in [6.07, 6.45) is 4.45. The Morgan fingerprint density at radius 1 is 1.00 bits per heavy atom. The third-order valence-corrected chi connectivity index (χ3v) is 5.74. The van der Waals surface area contributed by atoms with E-state index in [0.717, 1.165) is 31.2 Å². The highest BCUT2D eigenvalue weighted by molar-refractivity contribution is 5.94. The van der Waals surface area contributed by atoms with Gasteiger partial charge in [-0.3, -0.25) is 19.4 Å². The van der Waals surface area contributed by atoms with Crippen molar-refractivity contribution >= 4 is 11.7 Å². The summed E-state index contributed by atoms with van der Waals surface area (Å²) in [5.74, 6) is 1.56. The normalized spacial score (nSPS) is 19.2. The Balaban J connectivity index is 1.85. The standard InChI is InChI=1S/C20H25N3O5/c1-26-14-8-11(9-15(27-2)18(14)28-3)13-10-16(24)21-19-17(13)20(25)22-23(19)12-6-4-5-7-12/h8-9,12-13H,4-7,10H2,1-3H3,(H,21,24)(H,22,25)/t13-/m0/s1. The van der Waals surface area contributed by atoms with Crippen LogP contribution >= 0.6 is 0 Å². The molecule has 150 valence electrons. The van der Waals surface area contributed by atoms with E-state index < -0.39 is 0 Å². The number of carbonyl (C=O) groups is 1. The zero-order valence-electron chi connectivity index (χ0n) is 16.3. The molecule has 0 saturated heterocycles. The van der Waals surface area contributed by atoms with Crippen molar-refractivity contribution in [1.82, 2.24) is 9.78 Å². The highest BCUT2D eigenvalue weighted by atomic mass is 16.5. The summed E-state index contributed by atoms with van der Waals surface area (Å²) >= 11 is 0. The second-order valence-electron chi connectivity index (χ2n) is 7.28. The first-order valence-corrected chi connectivity index (χ1v) is 9.51. The summed E-state index contributed by atoms with van der Waals surface area (Å²) < 4.78 is 18.1. The molecule has 2 heterocycles. The third kappa shape index (κ3) is 2.93. The highest BCUT2D eigenvalue weighted by Gasteiger charge is 2.35. The smallest absolute Gasteiger partial charge is 0.270 e. The van der Waals surface area contributed by atoms with Crippen LogP contribution in [0.2, 0.25) is 0 Å². The van der Waals surface area contributed by atoms with E-state index in [1.807, 2.05) is 4.68 Å². The van der Waals surface area contributed by atoms with Crippen LogP contribution in [0.5, 0.6) is 17.2 Å². The number of nitrogens with zero attached hydrogens (tertiary/aromatic N) is 1. The number of anilines is 1. The van der Waals surface area contributed by atoms with E-state index in [0.29, 0.717) is 28.6 Å². The predicted molar refractivity (Wildman–Crippen MR) is 104 cm³/mol. The van der Waals surface area contributed by atoms with Crippen molar-refractivity contribution in [1.29, 1.82) is 0 Å². The number of hydrogen-bond acceptors (Lipinski definition) is 5. The van der Waals surface area contributed by atoms with E-state index in [9.17, 15) is 9.59 Å². The molecule has 2 aromatic rings. The van der Waals surface area contributed by atoms with Crippen molar-refractivity contribution in [2.75, 3.05) is 26.6 Å². The van der Waals surface area contributed by atoms with Gasteiger partial charge in [0.1, 0.15) is 5.82 Å². The maximum absolute atomic E-state index is 12.8. The molecule has 0 unspecified atom stereocenters. The number of ether oxygens (including phenoxy) is 3. The van der Waals surface area contributed by atoms with Gasteiger partial charge in [0, 0.05) is 12.3 Å². The Morgan fingerprint density at radius 2 is 1.64 bits per heavy atom. The molecule has 8 nitrogen and oxygen atoms in total. The molecular formula is C20H25N3O5. The minimum absolute atomic E-state index is 0.114. The molecule has 28 heavy (non-hydrogen) atoms. The number of nitrogens with one attached hydrogen (secondary N) is 2. The first-order valence-electron chi connectivity index (χ1n) is 9.51. The minimum atomic E-state index is -0.385. The van der Waals surface area contributed by atoms with Crippen molar-refractivity contribution in [2.24, 2.45) is 0 Å². The average Bonchev–Trinajstić information content (AvgIpc) is 3.34. The molecule has 1 amide bonds. The Labute approximate surface area is 162 Å². The second kappa shape index (κ2) is 7.26. The van der Waals surface area contributed by atoms with Crippen LogP contribution in [0.25, 0.3) is 0 Å². The summed E-state index contributed by atoms with van der Waals surface area (Å²) in [4.78, 5) is 25.3. The first-order chi connectivity index (χ1) is 13.6. The fourth-order valence-corrected chi connectivity index (χ4v) is 4.41. The van der Waals surface area contributed by atoms with Gasteiger partial charge in [-0.15, -0.1) is 0 Å². The SMILES string of the molecule is COc1cc([C@@H]2CC(=O)Nc3c2c(=O)[nH]n3C2CCCC2)cc(OC)c1OC. The number of carbonyl (C=O) groups excluding carboxylic acids is 1. The molecular weight excluding hydrogens is 362 g/mol. The largest absolute Gasteiger partial charge is 0.493 e. The zero-order chi connectivity index (χ0) is 19.8. The summed E-state index contributed by atoms with van der Waals surface area (Å²) in [5, 5.41) is 5.87. The second-order valence-corrected chi connectivity index (χ2v) is 7.28. The maximum Gasteiger partial charge on any atom is 0.270 e. The lowest BCUT2D eigenvalue weighted by Crippen LogP contribution is -2.27. The number of H-pyrrole nitrogens is 1. The maximum atomic E-state index is 12.8. The van der Waals surface area contributed by atoms with Gasteiger partial charge >= 0.3 is 0 Å². The number of fused-ring (bicyclic) bond motifs is 1. The van der Waals surface area contributed by atoms with Crippen LogP contribution in [0.4, 0.5) is 5.82 Å². The van der Waals surface area contributed by atoms with Crippen LogP contribution in [0.1, 0.15) is 55.2 Å². The number of aromatic nitrogens is 2. The average molecular weight is 387 g/mol. The van der Waals surface area contributed by atoms with Crippen molar-refractivity contribution in [3.63, 3.8) is 0 Å². The minimum Gasteiger partial charge on any atom is -0.493 e. The monoisotopic (exact) mass is 387 g/mol. The summed E-state index contributed by atoms with van der Waals surface area (Å²) in [5.41, 5.74) is 1.20. The molecule has 1 atom stereocenters. The molecule has 0 spiro atoms. The van der Waals surface area contributed by atoms with Crippen LogP contribution < -0.4 is 25.1 Å². The van der Waals surface area contributed by atoms with E-state index in [1.54, 1.807) is 33.5 Å². The van der Waals surface area contributed by atoms with Gasteiger partial charge in [-0.2, -0.15) is 0 Å². The number of benzene rings is 1. The Bertz CT molecular complexity index is 930. The predicted octanol–water partition coefficient (Wildman–Crippen LogP) is 2.79. The van der Waals surface area contributed by atoms with Gasteiger partial charge in [0.15, 0.2) is 11.5 Å². The molecule has 1 saturated carbocycles. The number of rotatable bonds is 5. The van der Waals surface area contributed by atoms with Gasteiger partial charge in [0.05, 0.1) is 32.9 Å². The number of aromatic amines is 1. The highest BCUT2D eigenvalue weighted by Crippen LogP contribution is 2.44. The number of amides is 1. The van der Waals surface area contributed by atoms with Crippen LogP contribution in [-0.4, -0.2) is 37.0 Å². The van der Waals surface area contributed by atoms with Gasteiger partial charge in [-0.1, -0.05) is 12.8 Å². The quantitative estimate of drug-likeness (QED) is 0.823. The summed E-state index contributed by atoms with van der Waals surface area (Å²) in [6, 6.07) is 3.83. The van der Waals surface area contributed by atoms with Crippen LogP contribution in [0, 0.1) is 0 Å². The van der Waals surface area contributed by atoms with Crippen LogP contribution in [0.3, 0.4) is 0 Å². The fraction of sp³-hybridized carbons (Fsp3) is 0.500. The molecule has 1 aromatic heterocycles. The van der Waals surface area contributed by atoms with Crippen LogP contribution in [0.15, 0.2) is 16.9 Å². The Hall–Kier alpha value is -2.90. The van der Waals surface area contributed by atoms with E-state index in [-0.39, 0.29) is 29.8 Å². The van der Waals surface area contributed by atoms with Crippen molar-refractivity contribution in [3.05, 3.63) is 33.6 Å². The zero-order valence-corrected chi connectivity index (χ0v) is 16.3. The molecule has 2 N–H and O–H groups in total. The molecule has 1 fully saturated rings.